The van der Waals surface area contributed by atoms with Gasteiger partial charge in [-0.25, -0.2) is 13.4 Å². The molecule has 8 heteroatoms. The summed E-state index contributed by atoms with van der Waals surface area (Å²) >= 11 is 0. The highest BCUT2D eigenvalue weighted by Crippen LogP contribution is 2.17. The summed E-state index contributed by atoms with van der Waals surface area (Å²) in [6, 6.07) is 12.8. The molecule has 0 fully saturated rings. The lowest BCUT2D eigenvalue weighted by Crippen LogP contribution is -2.12. The number of amides is 1. The molecule has 27 heavy (non-hydrogen) atoms. The standard InChI is InChI=1S/C19H19N3O4S/c1-22-12-11-20-18(22)13-26-16-7-3-14(4-8-16)19(23)21-15-5-9-17(10-6-15)27(2,24)25/h3-12H,13H2,1-2H3,(H,21,23). The highest BCUT2D eigenvalue weighted by molar-refractivity contribution is 7.90. The minimum atomic E-state index is -3.26. The van der Waals surface area contributed by atoms with E-state index in [-0.39, 0.29) is 10.8 Å². The van der Waals surface area contributed by atoms with E-state index < -0.39 is 9.84 Å². The minimum Gasteiger partial charge on any atom is -0.486 e. The third-order valence-corrected chi connectivity index (χ3v) is 5.07. The van der Waals surface area contributed by atoms with Crippen LogP contribution in [0.1, 0.15) is 16.2 Å². The van der Waals surface area contributed by atoms with Crippen molar-refractivity contribution in [1.29, 1.82) is 0 Å². The summed E-state index contributed by atoms with van der Waals surface area (Å²) in [6.45, 7) is 0.335. The van der Waals surface area contributed by atoms with Gasteiger partial charge in [0, 0.05) is 36.9 Å². The van der Waals surface area contributed by atoms with Crippen LogP contribution in [0.5, 0.6) is 5.75 Å². The predicted molar refractivity (Wildman–Crippen MR) is 101 cm³/mol. The van der Waals surface area contributed by atoms with Crippen molar-refractivity contribution < 1.29 is 17.9 Å². The van der Waals surface area contributed by atoms with E-state index in [4.69, 9.17) is 4.74 Å². The number of nitrogens with zero attached hydrogens (tertiary/aromatic N) is 2. The van der Waals surface area contributed by atoms with E-state index in [1.54, 1.807) is 42.6 Å². The van der Waals surface area contributed by atoms with Crippen LogP contribution >= 0.6 is 0 Å². The van der Waals surface area contributed by atoms with Gasteiger partial charge in [0.1, 0.15) is 18.2 Å². The fourth-order valence-corrected chi connectivity index (χ4v) is 3.01. The summed E-state index contributed by atoms with van der Waals surface area (Å²) in [5.74, 6) is 1.14. The fourth-order valence-electron chi connectivity index (χ4n) is 2.37. The van der Waals surface area contributed by atoms with Crippen molar-refractivity contribution >= 4 is 21.4 Å². The number of benzene rings is 2. The number of aromatic nitrogens is 2. The lowest BCUT2D eigenvalue weighted by atomic mass is 10.2. The van der Waals surface area contributed by atoms with Gasteiger partial charge in [-0.2, -0.15) is 0 Å². The molecule has 1 heterocycles. The zero-order chi connectivity index (χ0) is 19.4. The molecule has 0 unspecified atom stereocenters. The Morgan fingerprint density at radius 1 is 1.11 bits per heavy atom. The number of anilines is 1. The molecular formula is C19H19N3O4S. The average Bonchev–Trinajstić information content (AvgIpc) is 3.05. The first kappa shape index (κ1) is 18.7. The van der Waals surface area contributed by atoms with Gasteiger partial charge in [-0.1, -0.05) is 0 Å². The molecule has 0 saturated heterocycles. The van der Waals surface area contributed by atoms with Crippen molar-refractivity contribution in [1.82, 2.24) is 9.55 Å². The lowest BCUT2D eigenvalue weighted by Gasteiger charge is -2.08. The van der Waals surface area contributed by atoms with Crippen LogP contribution < -0.4 is 10.1 Å². The van der Waals surface area contributed by atoms with Crippen molar-refractivity contribution in [3.8, 4) is 5.75 Å². The Morgan fingerprint density at radius 3 is 2.33 bits per heavy atom. The molecule has 140 valence electrons. The van der Waals surface area contributed by atoms with Gasteiger partial charge in [-0.05, 0) is 48.5 Å². The highest BCUT2D eigenvalue weighted by Gasteiger charge is 2.09. The van der Waals surface area contributed by atoms with E-state index >= 15 is 0 Å². The van der Waals surface area contributed by atoms with E-state index in [1.165, 1.54) is 12.1 Å². The maximum atomic E-state index is 12.3. The summed E-state index contributed by atoms with van der Waals surface area (Å²) in [6.07, 6.45) is 4.68. The summed E-state index contributed by atoms with van der Waals surface area (Å²) in [5, 5.41) is 2.73. The van der Waals surface area contributed by atoms with Crippen molar-refractivity contribution in [3.63, 3.8) is 0 Å². The molecule has 0 aliphatic carbocycles. The number of rotatable bonds is 6. The summed E-state index contributed by atoms with van der Waals surface area (Å²) in [4.78, 5) is 16.7. The number of carbonyl (C=O) groups excluding carboxylic acids is 1. The maximum Gasteiger partial charge on any atom is 0.255 e. The fraction of sp³-hybridized carbons (Fsp3) is 0.158. The molecular weight excluding hydrogens is 366 g/mol. The van der Waals surface area contributed by atoms with Crippen LogP contribution in [-0.2, 0) is 23.5 Å². The van der Waals surface area contributed by atoms with Crippen LogP contribution in [0.4, 0.5) is 5.69 Å². The first-order valence-corrected chi connectivity index (χ1v) is 10.0. The monoisotopic (exact) mass is 385 g/mol. The first-order chi connectivity index (χ1) is 12.8. The van der Waals surface area contributed by atoms with Crippen LogP contribution in [0.25, 0.3) is 0 Å². The van der Waals surface area contributed by atoms with Gasteiger partial charge in [0.2, 0.25) is 0 Å². The highest BCUT2D eigenvalue weighted by atomic mass is 32.2. The van der Waals surface area contributed by atoms with Crippen LogP contribution in [0.2, 0.25) is 0 Å². The Morgan fingerprint density at radius 2 is 1.78 bits per heavy atom. The SMILES string of the molecule is Cn1ccnc1COc1ccc(C(=O)Nc2ccc(S(C)(=O)=O)cc2)cc1. The molecule has 0 aliphatic heterocycles. The van der Waals surface area contributed by atoms with Gasteiger partial charge in [0.15, 0.2) is 9.84 Å². The van der Waals surface area contributed by atoms with Crippen LogP contribution in [-0.4, -0.2) is 30.1 Å². The third kappa shape index (κ3) is 4.73. The second kappa shape index (κ2) is 7.63. The number of hydrogen-bond donors (Lipinski definition) is 1. The van der Waals surface area contributed by atoms with Crippen molar-refractivity contribution in [3.05, 3.63) is 72.3 Å². The maximum absolute atomic E-state index is 12.3. The zero-order valence-electron chi connectivity index (χ0n) is 14.9. The number of hydrogen-bond acceptors (Lipinski definition) is 5. The molecule has 7 nitrogen and oxygen atoms in total. The molecule has 3 aromatic rings. The topological polar surface area (TPSA) is 90.3 Å². The molecule has 0 saturated carbocycles. The molecule has 0 spiro atoms. The van der Waals surface area contributed by atoms with Gasteiger partial charge in [-0.15, -0.1) is 0 Å². The van der Waals surface area contributed by atoms with Gasteiger partial charge in [0.25, 0.3) is 5.91 Å². The Hall–Kier alpha value is -3.13. The number of nitrogens with one attached hydrogen (secondary N) is 1. The molecule has 1 N–H and O–H groups in total. The molecule has 2 aromatic carbocycles. The Labute approximate surface area is 157 Å². The second-order valence-electron chi connectivity index (χ2n) is 6.02. The number of ether oxygens (including phenoxy) is 1. The smallest absolute Gasteiger partial charge is 0.255 e. The summed E-state index contributed by atoms with van der Waals surface area (Å²) in [7, 11) is -1.37. The molecule has 0 radical (unpaired) electrons. The molecule has 0 atom stereocenters. The summed E-state index contributed by atoms with van der Waals surface area (Å²) < 4.78 is 30.5. The largest absolute Gasteiger partial charge is 0.486 e. The van der Waals surface area contributed by atoms with Gasteiger partial charge in [-0.3, -0.25) is 4.79 Å². The molecule has 0 bridgehead atoms. The minimum absolute atomic E-state index is 0.203. The zero-order valence-corrected chi connectivity index (χ0v) is 15.7. The van der Waals surface area contributed by atoms with E-state index in [0.717, 1.165) is 12.1 Å². The lowest BCUT2D eigenvalue weighted by molar-refractivity contribution is 0.102. The Balaban J connectivity index is 1.61. The molecule has 1 amide bonds. The third-order valence-electron chi connectivity index (χ3n) is 3.95. The second-order valence-corrected chi connectivity index (χ2v) is 8.03. The molecule has 0 aliphatic rings. The quantitative estimate of drug-likeness (QED) is 0.704. The Kier molecular flexibility index (Phi) is 5.27. The van der Waals surface area contributed by atoms with E-state index in [1.807, 2.05) is 17.8 Å². The summed E-state index contributed by atoms with van der Waals surface area (Å²) in [5.41, 5.74) is 0.981. The Bertz CT molecular complexity index is 1040. The predicted octanol–water partition coefficient (Wildman–Crippen LogP) is 2.65. The van der Waals surface area contributed by atoms with Gasteiger partial charge >= 0.3 is 0 Å². The van der Waals surface area contributed by atoms with Crippen molar-refractivity contribution in [2.45, 2.75) is 11.5 Å². The van der Waals surface area contributed by atoms with Crippen LogP contribution in [0.3, 0.4) is 0 Å². The number of aryl methyl sites for hydroxylation is 1. The average molecular weight is 385 g/mol. The molecule has 1 aromatic heterocycles. The van der Waals surface area contributed by atoms with Gasteiger partial charge in [0.05, 0.1) is 4.90 Å². The normalized spacial score (nSPS) is 11.2. The van der Waals surface area contributed by atoms with Crippen molar-refractivity contribution in [2.75, 3.05) is 11.6 Å². The number of sulfone groups is 1. The molecule has 3 rings (SSSR count). The number of imidazole rings is 1. The first-order valence-electron chi connectivity index (χ1n) is 8.13. The van der Waals surface area contributed by atoms with Crippen LogP contribution in [0.15, 0.2) is 65.8 Å². The van der Waals surface area contributed by atoms with Gasteiger partial charge < -0.3 is 14.6 Å². The number of carbonyl (C=O) groups is 1. The van der Waals surface area contributed by atoms with E-state index in [2.05, 4.69) is 10.3 Å². The van der Waals surface area contributed by atoms with Crippen molar-refractivity contribution in [2.24, 2.45) is 7.05 Å². The van der Waals surface area contributed by atoms with E-state index in [9.17, 15) is 13.2 Å². The van der Waals surface area contributed by atoms with Crippen LogP contribution in [0, 0.1) is 0 Å². The van der Waals surface area contributed by atoms with E-state index in [0.29, 0.717) is 23.6 Å².